The van der Waals surface area contributed by atoms with E-state index in [-0.39, 0.29) is 5.75 Å². The van der Waals surface area contributed by atoms with Crippen molar-refractivity contribution in [3.05, 3.63) is 29.0 Å². The minimum atomic E-state index is -3.28. The molecule has 0 amide bonds. The highest BCUT2D eigenvalue weighted by molar-refractivity contribution is 7.88. The molecule has 0 saturated carbocycles. The van der Waals surface area contributed by atoms with Gasteiger partial charge in [0.05, 0.1) is 5.75 Å². The molecular formula is C12H21ClN2O2SSi. The average molecular weight is 321 g/mol. The van der Waals surface area contributed by atoms with Gasteiger partial charge in [-0.05, 0) is 18.1 Å². The number of hydrogen-bond donors (Lipinski definition) is 1. The van der Waals surface area contributed by atoms with Crippen molar-refractivity contribution >= 4 is 29.7 Å². The first kappa shape index (κ1) is 16.6. The van der Waals surface area contributed by atoms with E-state index in [1.807, 2.05) is 0 Å². The van der Waals surface area contributed by atoms with E-state index in [1.165, 1.54) is 6.20 Å². The van der Waals surface area contributed by atoms with Crippen molar-refractivity contribution in [1.29, 1.82) is 0 Å². The van der Waals surface area contributed by atoms with Crippen LogP contribution in [0.25, 0.3) is 0 Å². The number of hydrogen-bond acceptors (Lipinski definition) is 3. The molecule has 0 atom stereocenters. The smallest absolute Gasteiger partial charge is 0.215 e. The molecule has 0 aromatic carbocycles. The zero-order valence-electron chi connectivity index (χ0n) is 11.6. The summed E-state index contributed by atoms with van der Waals surface area (Å²) in [5.41, 5.74) is 0.641. The predicted octanol–water partition coefficient (Wildman–Crippen LogP) is 2.88. The van der Waals surface area contributed by atoms with Crippen LogP contribution in [0.5, 0.6) is 0 Å². The maximum atomic E-state index is 11.8. The monoisotopic (exact) mass is 320 g/mol. The minimum Gasteiger partial charge on any atom is -0.244 e. The van der Waals surface area contributed by atoms with Crippen molar-refractivity contribution in [3.63, 3.8) is 0 Å². The molecule has 0 saturated heterocycles. The zero-order chi connectivity index (χ0) is 14.5. The maximum Gasteiger partial charge on any atom is 0.215 e. The summed E-state index contributed by atoms with van der Waals surface area (Å²) >= 11 is 5.66. The maximum absolute atomic E-state index is 11.8. The number of halogens is 1. The van der Waals surface area contributed by atoms with Gasteiger partial charge in [-0.1, -0.05) is 43.4 Å². The summed E-state index contributed by atoms with van der Waals surface area (Å²) < 4.78 is 26.3. The molecule has 0 unspecified atom stereocenters. The van der Waals surface area contributed by atoms with Crippen LogP contribution in [0.3, 0.4) is 0 Å². The van der Waals surface area contributed by atoms with Crippen LogP contribution in [0.2, 0.25) is 30.8 Å². The molecule has 7 heteroatoms. The van der Waals surface area contributed by atoms with E-state index in [9.17, 15) is 8.42 Å². The van der Waals surface area contributed by atoms with Gasteiger partial charge in [0, 0.05) is 20.8 Å². The Morgan fingerprint density at radius 1 is 1.32 bits per heavy atom. The van der Waals surface area contributed by atoms with Gasteiger partial charge in [-0.15, -0.1) is 0 Å². The van der Waals surface area contributed by atoms with E-state index >= 15 is 0 Å². The van der Waals surface area contributed by atoms with Crippen LogP contribution in [-0.4, -0.2) is 28.0 Å². The Morgan fingerprint density at radius 2 is 2.00 bits per heavy atom. The van der Waals surface area contributed by atoms with Crippen LogP contribution in [0.15, 0.2) is 18.3 Å². The highest BCUT2D eigenvalue weighted by atomic mass is 35.5. The largest absolute Gasteiger partial charge is 0.244 e. The SMILES string of the molecule is C[Si](C)(C)CCCNS(=O)(=O)Cc1ccc(Cl)nc1. The van der Waals surface area contributed by atoms with E-state index in [0.717, 1.165) is 12.5 Å². The molecule has 0 aliphatic rings. The van der Waals surface area contributed by atoms with E-state index < -0.39 is 18.1 Å². The number of aromatic nitrogens is 1. The molecule has 1 aromatic rings. The van der Waals surface area contributed by atoms with Gasteiger partial charge in [-0.3, -0.25) is 0 Å². The first-order chi connectivity index (χ1) is 8.68. The number of nitrogens with one attached hydrogen (secondary N) is 1. The molecule has 19 heavy (non-hydrogen) atoms. The highest BCUT2D eigenvalue weighted by Gasteiger charge is 2.14. The molecule has 108 valence electrons. The van der Waals surface area contributed by atoms with Crippen LogP contribution in [0, 0.1) is 0 Å². The topological polar surface area (TPSA) is 59.1 Å². The standard InChI is InChI=1S/C12H21ClN2O2SSi/c1-19(2,3)8-4-7-15-18(16,17)10-11-5-6-12(13)14-9-11/h5-6,9,15H,4,7-8,10H2,1-3H3. The molecule has 4 nitrogen and oxygen atoms in total. The Bertz CT molecular complexity index is 497. The number of pyridine rings is 1. The quantitative estimate of drug-likeness (QED) is 0.477. The highest BCUT2D eigenvalue weighted by Crippen LogP contribution is 2.11. The molecule has 1 rings (SSSR count). The zero-order valence-corrected chi connectivity index (χ0v) is 14.2. The van der Waals surface area contributed by atoms with Gasteiger partial charge in [0.2, 0.25) is 10.0 Å². The summed E-state index contributed by atoms with van der Waals surface area (Å²) in [6, 6.07) is 4.40. The minimum absolute atomic E-state index is 0.0515. The fourth-order valence-electron chi connectivity index (χ4n) is 1.61. The summed E-state index contributed by atoms with van der Waals surface area (Å²) in [4.78, 5) is 3.87. The third kappa shape index (κ3) is 7.66. The molecule has 0 aliphatic carbocycles. The predicted molar refractivity (Wildman–Crippen MR) is 82.6 cm³/mol. The number of rotatable bonds is 7. The van der Waals surface area contributed by atoms with Gasteiger partial charge in [0.1, 0.15) is 5.15 Å². The van der Waals surface area contributed by atoms with Gasteiger partial charge < -0.3 is 0 Å². The molecule has 1 aromatic heterocycles. The second kappa shape index (κ2) is 6.83. The second-order valence-corrected chi connectivity index (χ2v) is 13.6. The van der Waals surface area contributed by atoms with Crippen molar-refractivity contribution in [2.45, 2.75) is 37.9 Å². The van der Waals surface area contributed by atoms with Gasteiger partial charge in [-0.2, -0.15) is 0 Å². The lowest BCUT2D eigenvalue weighted by atomic mass is 10.3. The lowest BCUT2D eigenvalue weighted by molar-refractivity contribution is 0.579. The Labute approximate surface area is 121 Å². The summed E-state index contributed by atoms with van der Waals surface area (Å²) in [6.45, 7) is 7.34. The third-order valence-electron chi connectivity index (χ3n) is 2.57. The molecule has 0 spiro atoms. The lowest BCUT2D eigenvalue weighted by Gasteiger charge is -2.15. The Morgan fingerprint density at radius 3 is 2.53 bits per heavy atom. The molecule has 0 aliphatic heterocycles. The number of sulfonamides is 1. The first-order valence-corrected chi connectivity index (χ1v) is 12.0. The van der Waals surface area contributed by atoms with E-state index in [0.29, 0.717) is 17.3 Å². The second-order valence-electron chi connectivity index (χ2n) is 5.81. The molecule has 1 N–H and O–H groups in total. The van der Waals surface area contributed by atoms with Crippen LogP contribution in [0.4, 0.5) is 0 Å². The summed E-state index contributed by atoms with van der Waals surface area (Å²) in [6.07, 6.45) is 2.39. The van der Waals surface area contributed by atoms with Crippen molar-refractivity contribution < 1.29 is 8.42 Å². The van der Waals surface area contributed by atoms with E-state index in [4.69, 9.17) is 11.6 Å². The van der Waals surface area contributed by atoms with Crippen LogP contribution in [0.1, 0.15) is 12.0 Å². The Hall–Kier alpha value is -0.433. The van der Waals surface area contributed by atoms with Gasteiger partial charge in [-0.25, -0.2) is 18.1 Å². The Balaban J connectivity index is 2.42. The van der Waals surface area contributed by atoms with Gasteiger partial charge >= 0.3 is 0 Å². The molecule has 0 radical (unpaired) electrons. The normalized spacial score (nSPS) is 12.6. The molecule has 0 bridgehead atoms. The third-order valence-corrected chi connectivity index (χ3v) is 6.01. The average Bonchev–Trinajstić information content (AvgIpc) is 2.26. The summed E-state index contributed by atoms with van der Waals surface area (Å²) in [5, 5.41) is 0.365. The summed E-state index contributed by atoms with van der Waals surface area (Å²) in [7, 11) is -4.38. The lowest BCUT2D eigenvalue weighted by Crippen LogP contribution is -2.28. The van der Waals surface area contributed by atoms with E-state index in [1.54, 1.807) is 12.1 Å². The molecule has 0 fully saturated rings. The van der Waals surface area contributed by atoms with Crippen LogP contribution in [-0.2, 0) is 15.8 Å². The van der Waals surface area contributed by atoms with Gasteiger partial charge in [0.15, 0.2) is 0 Å². The van der Waals surface area contributed by atoms with Crippen molar-refractivity contribution in [2.24, 2.45) is 0 Å². The van der Waals surface area contributed by atoms with E-state index in [2.05, 4.69) is 29.3 Å². The molecular weight excluding hydrogens is 300 g/mol. The van der Waals surface area contributed by atoms with Crippen molar-refractivity contribution in [1.82, 2.24) is 9.71 Å². The van der Waals surface area contributed by atoms with Crippen LogP contribution >= 0.6 is 11.6 Å². The Kier molecular flexibility index (Phi) is 5.98. The molecule has 1 heterocycles. The number of nitrogens with zero attached hydrogens (tertiary/aromatic N) is 1. The first-order valence-electron chi connectivity index (χ1n) is 6.26. The van der Waals surface area contributed by atoms with Crippen molar-refractivity contribution in [3.8, 4) is 0 Å². The van der Waals surface area contributed by atoms with Gasteiger partial charge in [0.25, 0.3) is 0 Å². The van der Waals surface area contributed by atoms with Crippen molar-refractivity contribution in [2.75, 3.05) is 6.54 Å². The fraction of sp³-hybridized carbons (Fsp3) is 0.583. The summed E-state index contributed by atoms with van der Waals surface area (Å²) in [5.74, 6) is -0.0515. The van der Waals surface area contributed by atoms with Crippen LogP contribution < -0.4 is 4.72 Å². The fourth-order valence-corrected chi connectivity index (χ4v) is 4.12.